The second-order valence-corrected chi connectivity index (χ2v) is 7.10. The van der Waals surface area contributed by atoms with E-state index in [9.17, 15) is 4.79 Å². The number of hydrogen-bond donors (Lipinski definition) is 1. The number of thioether (sulfide) groups is 1. The summed E-state index contributed by atoms with van der Waals surface area (Å²) in [6, 6.07) is 5.90. The Morgan fingerprint density at radius 3 is 3.00 bits per heavy atom. The van der Waals surface area contributed by atoms with Crippen molar-refractivity contribution in [3.63, 3.8) is 0 Å². The standard InChI is InChI=1S/C18H16N2O2S/c1-2-18(7-3-8-18)15-11-19-17(22-15)12-4-5-14-13(10-12)20-16(21)6-9-23-14/h1,4-5,10-11H,3,6-9H2,(H,20,21). The van der Waals surface area contributed by atoms with E-state index >= 15 is 0 Å². The first-order chi connectivity index (χ1) is 11.2. The summed E-state index contributed by atoms with van der Waals surface area (Å²) in [5.74, 6) is 5.03. The van der Waals surface area contributed by atoms with E-state index in [4.69, 9.17) is 10.8 Å². The lowest BCUT2D eigenvalue weighted by molar-refractivity contribution is -0.115. The van der Waals surface area contributed by atoms with Gasteiger partial charge in [-0.15, -0.1) is 18.2 Å². The molecule has 116 valence electrons. The second kappa shape index (κ2) is 5.47. The fraction of sp³-hybridized carbons (Fsp3) is 0.333. The molecular weight excluding hydrogens is 308 g/mol. The summed E-state index contributed by atoms with van der Waals surface area (Å²) < 4.78 is 5.94. The lowest BCUT2D eigenvalue weighted by Crippen LogP contribution is -2.31. The molecule has 1 fully saturated rings. The average Bonchev–Trinajstić information content (AvgIpc) is 2.90. The first-order valence-electron chi connectivity index (χ1n) is 7.71. The van der Waals surface area contributed by atoms with E-state index in [0.717, 1.165) is 46.9 Å². The number of fused-ring (bicyclic) bond motifs is 1. The van der Waals surface area contributed by atoms with Crippen molar-refractivity contribution in [1.29, 1.82) is 0 Å². The number of amides is 1. The number of rotatable bonds is 2. The van der Waals surface area contributed by atoms with Crippen LogP contribution < -0.4 is 5.32 Å². The fourth-order valence-electron chi connectivity index (χ4n) is 2.97. The van der Waals surface area contributed by atoms with Gasteiger partial charge in [0.2, 0.25) is 11.8 Å². The maximum Gasteiger partial charge on any atom is 0.226 e. The zero-order chi connectivity index (χ0) is 15.9. The molecule has 2 aliphatic rings. The number of carbonyl (C=O) groups excluding carboxylic acids is 1. The summed E-state index contributed by atoms with van der Waals surface area (Å²) in [5, 5.41) is 2.94. The number of carbonyl (C=O) groups is 1. The first-order valence-corrected chi connectivity index (χ1v) is 8.70. The van der Waals surface area contributed by atoms with Crippen LogP contribution >= 0.6 is 11.8 Å². The second-order valence-electron chi connectivity index (χ2n) is 5.97. The van der Waals surface area contributed by atoms with Crippen molar-refractivity contribution in [1.82, 2.24) is 4.98 Å². The number of benzene rings is 1. The SMILES string of the molecule is C#CC1(c2cnc(-c3ccc4c(c3)NC(=O)CCS4)o2)CCC1. The van der Waals surface area contributed by atoms with Gasteiger partial charge in [0, 0.05) is 22.6 Å². The molecule has 1 saturated carbocycles. The maximum absolute atomic E-state index is 11.7. The van der Waals surface area contributed by atoms with Crippen LogP contribution in [0, 0.1) is 12.3 Å². The highest BCUT2D eigenvalue weighted by Crippen LogP contribution is 2.44. The van der Waals surface area contributed by atoms with Crippen LogP contribution in [0.3, 0.4) is 0 Å². The molecule has 1 N–H and O–H groups in total. The molecule has 1 aromatic carbocycles. The number of aromatic nitrogens is 1. The van der Waals surface area contributed by atoms with Crippen LogP contribution in [0.2, 0.25) is 0 Å². The van der Waals surface area contributed by atoms with Crippen LogP contribution in [0.5, 0.6) is 0 Å². The predicted octanol–water partition coefficient (Wildman–Crippen LogP) is 3.83. The van der Waals surface area contributed by atoms with E-state index in [1.807, 2.05) is 18.2 Å². The molecule has 0 spiro atoms. The average molecular weight is 324 g/mol. The normalized spacial score (nSPS) is 19.0. The largest absolute Gasteiger partial charge is 0.440 e. The highest BCUT2D eigenvalue weighted by Gasteiger charge is 2.40. The molecule has 0 bridgehead atoms. The Kier molecular flexibility index (Phi) is 3.42. The number of oxazole rings is 1. The van der Waals surface area contributed by atoms with Crippen LogP contribution in [-0.2, 0) is 10.2 Å². The van der Waals surface area contributed by atoms with Crippen LogP contribution in [0.4, 0.5) is 5.69 Å². The Bertz CT molecular complexity index is 815. The lowest BCUT2D eigenvalue weighted by atomic mass is 9.68. The Morgan fingerprint density at radius 2 is 2.26 bits per heavy atom. The summed E-state index contributed by atoms with van der Waals surface area (Å²) in [6.45, 7) is 0. The van der Waals surface area contributed by atoms with E-state index in [-0.39, 0.29) is 11.3 Å². The summed E-state index contributed by atoms with van der Waals surface area (Å²) in [7, 11) is 0. The van der Waals surface area contributed by atoms with Gasteiger partial charge in [0.1, 0.15) is 5.76 Å². The van der Waals surface area contributed by atoms with Crippen molar-refractivity contribution in [2.45, 2.75) is 36.0 Å². The smallest absolute Gasteiger partial charge is 0.226 e. The molecule has 2 aromatic rings. The molecule has 4 rings (SSSR count). The Morgan fingerprint density at radius 1 is 1.39 bits per heavy atom. The van der Waals surface area contributed by atoms with Crippen molar-refractivity contribution in [2.24, 2.45) is 0 Å². The number of hydrogen-bond acceptors (Lipinski definition) is 4. The van der Waals surface area contributed by atoms with Gasteiger partial charge in [0.05, 0.1) is 17.3 Å². The van der Waals surface area contributed by atoms with E-state index in [2.05, 4.69) is 16.2 Å². The third kappa shape index (κ3) is 2.43. The van der Waals surface area contributed by atoms with Crippen molar-refractivity contribution in [3.05, 3.63) is 30.2 Å². The predicted molar refractivity (Wildman–Crippen MR) is 90.3 cm³/mol. The van der Waals surface area contributed by atoms with Gasteiger partial charge in [0.15, 0.2) is 0 Å². The molecule has 1 amide bonds. The van der Waals surface area contributed by atoms with E-state index < -0.39 is 0 Å². The zero-order valence-electron chi connectivity index (χ0n) is 12.6. The molecule has 1 aromatic heterocycles. The molecule has 0 saturated heterocycles. The summed E-state index contributed by atoms with van der Waals surface area (Å²) in [4.78, 5) is 17.2. The fourth-order valence-corrected chi connectivity index (χ4v) is 3.91. The van der Waals surface area contributed by atoms with Crippen LogP contribution in [0.25, 0.3) is 11.5 Å². The quantitative estimate of drug-likeness (QED) is 0.853. The molecule has 2 heterocycles. The van der Waals surface area contributed by atoms with Crippen LogP contribution in [-0.4, -0.2) is 16.6 Å². The van der Waals surface area contributed by atoms with Gasteiger partial charge < -0.3 is 9.73 Å². The third-order valence-electron chi connectivity index (χ3n) is 4.55. The molecule has 4 nitrogen and oxygen atoms in total. The summed E-state index contributed by atoms with van der Waals surface area (Å²) >= 11 is 1.68. The van der Waals surface area contributed by atoms with Crippen molar-refractivity contribution < 1.29 is 9.21 Å². The monoisotopic (exact) mass is 324 g/mol. The molecule has 0 unspecified atom stereocenters. The lowest BCUT2D eigenvalue weighted by Gasteiger charge is -2.34. The van der Waals surface area contributed by atoms with E-state index in [1.54, 1.807) is 18.0 Å². The Hall–Kier alpha value is -2.19. The van der Waals surface area contributed by atoms with E-state index in [0.29, 0.717) is 12.3 Å². The van der Waals surface area contributed by atoms with Gasteiger partial charge in [-0.25, -0.2) is 4.98 Å². The minimum absolute atomic E-state index is 0.0437. The molecule has 5 heteroatoms. The van der Waals surface area contributed by atoms with Gasteiger partial charge in [0.25, 0.3) is 0 Å². The molecular formula is C18H16N2O2S. The maximum atomic E-state index is 11.7. The summed E-state index contributed by atoms with van der Waals surface area (Å²) in [5.41, 5.74) is 1.40. The highest BCUT2D eigenvalue weighted by molar-refractivity contribution is 7.99. The van der Waals surface area contributed by atoms with Crippen molar-refractivity contribution in [2.75, 3.05) is 11.1 Å². The summed E-state index contributed by atoms with van der Waals surface area (Å²) in [6.07, 6.45) is 11.0. The minimum atomic E-state index is -0.277. The van der Waals surface area contributed by atoms with E-state index in [1.165, 1.54) is 0 Å². The van der Waals surface area contributed by atoms with Gasteiger partial charge in [-0.1, -0.05) is 5.92 Å². The Balaban J connectivity index is 1.68. The third-order valence-corrected chi connectivity index (χ3v) is 5.62. The molecule has 0 radical (unpaired) electrons. The molecule has 1 aliphatic carbocycles. The number of nitrogens with one attached hydrogen (secondary N) is 1. The van der Waals surface area contributed by atoms with Crippen molar-refractivity contribution >= 4 is 23.4 Å². The topological polar surface area (TPSA) is 55.1 Å². The van der Waals surface area contributed by atoms with Gasteiger partial charge in [-0.2, -0.15) is 0 Å². The first kappa shape index (κ1) is 14.4. The molecule has 0 atom stereocenters. The van der Waals surface area contributed by atoms with Gasteiger partial charge in [-0.3, -0.25) is 4.79 Å². The molecule has 1 aliphatic heterocycles. The number of nitrogens with zero attached hydrogens (tertiary/aromatic N) is 1. The van der Waals surface area contributed by atoms with Crippen LogP contribution in [0.15, 0.2) is 33.7 Å². The van der Waals surface area contributed by atoms with Crippen molar-refractivity contribution in [3.8, 4) is 23.8 Å². The highest BCUT2D eigenvalue weighted by atomic mass is 32.2. The Labute approximate surface area is 139 Å². The van der Waals surface area contributed by atoms with Gasteiger partial charge >= 0.3 is 0 Å². The van der Waals surface area contributed by atoms with Crippen LogP contribution in [0.1, 0.15) is 31.4 Å². The number of terminal acetylenes is 1. The van der Waals surface area contributed by atoms with Gasteiger partial charge in [-0.05, 0) is 37.5 Å². The zero-order valence-corrected chi connectivity index (χ0v) is 13.4. The molecule has 23 heavy (non-hydrogen) atoms. The minimum Gasteiger partial charge on any atom is -0.440 e. The number of anilines is 1.